The lowest BCUT2D eigenvalue weighted by Gasteiger charge is -2.05. The molecule has 0 atom stereocenters. The Hall–Kier alpha value is -2.30. The van der Waals surface area contributed by atoms with Crippen LogP contribution in [0.4, 0.5) is 8.78 Å². The minimum absolute atomic E-state index is 0.108. The summed E-state index contributed by atoms with van der Waals surface area (Å²) in [5.41, 5.74) is 1.66. The summed E-state index contributed by atoms with van der Waals surface area (Å²) in [6, 6.07) is 7.48. The molecule has 0 saturated carbocycles. The van der Waals surface area contributed by atoms with Crippen molar-refractivity contribution >= 4 is 5.91 Å². The quantitative estimate of drug-likeness (QED) is 0.888. The van der Waals surface area contributed by atoms with E-state index in [-0.39, 0.29) is 12.3 Å². The van der Waals surface area contributed by atoms with Gasteiger partial charge < -0.3 is 5.32 Å². The van der Waals surface area contributed by atoms with Gasteiger partial charge in [-0.25, -0.2) is 8.78 Å². The van der Waals surface area contributed by atoms with Gasteiger partial charge in [0, 0.05) is 25.4 Å². The molecule has 0 saturated heterocycles. The van der Waals surface area contributed by atoms with Crippen molar-refractivity contribution in [2.24, 2.45) is 0 Å². The molecular weight excluding hydrogens is 274 g/mol. The highest BCUT2D eigenvalue weighted by Gasteiger charge is 2.05. The standard InChI is InChI=1S/C16H16F2N2O/c17-14-5-3-12(10-15(14)18)4-6-16(21)20-9-7-13-2-1-8-19-11-13/h1-3,5,8,10-11H,4,6-7,9H2,(H,20,21). The largest absolute Gasteiger partial charge is 0.356 e. The number of rotatable bonds is 6. The van der Waals surface area contributed by atoms with Gasteiger partial charge in [-0.3, -0.25) is 9.78 Å². The Morgan fingerprint density at radius 1 is 1.10 bits per heavy atom. The van der Waals surface area contributed by atoms with E-state index in [1.54, 1.807) is 12.4 Å². The fourth-order valence-corrected chi connectivity index (χ4v) is 1.93. The van der Waals surface area contributed by atoms with E-state index in [0.29, 0.717) is 24.9 Å². The molecule has 110 valence electrons. The van der Waals surface area contributed by atoms with Crippen LogP contribution in [-0.2, 0) is 17.6 Å². The van der Waals surface area contributed by atoms with Crippen LogP contribution in [-0.4, -0.2) is 17.4 Å². The molecule has 1 aromatic carbocycles. The zero-order valence-corrected chi connectivity index (χ0v) is 11.5. The number of aryl methyl sites for hydroxylation is 1. The molecule has 0 spiro atoms. The van der Waals surface area contributed by atoms with Gasteiger partial charge in [0.1, 0.15) is 0 Å². The van der Waals surface area contributed by atoms with Crippen LogP contribution in [0.15, 0.2) is 42.7 Å². The molecule has 0 aliphatic heterocycles. The highest BCUT2D eigenvalue weighted by molar-refractivity contribution is 5.76. The van der Waals surface area contributed by atoms with Crippen LogP contribution in [0.2, 0.25) is 0 Å². The number of amides is 1. The summed E-state index contributed by atoms with van der Waals surface area (Å²) in [6.45, 7) is 0.530. The second-order valence-electron chi connectivity index (χ2n) is 4.71. The van der Waals surface area contributed by atoms with E-state index in [0.717, 1.165) is 17.7 Å². The molecule has 0 fully saturated rings. The van der Waals surface area contributed by atoms with Gasteiger partial charge in [-0.05, 0) is 42.2 Å². The molecule has 2 rings (SSSR count). The van der Waals surface area contributed by atoms with Gasteiger partial charge in [-0.1, -0.05) is 12.1 Å². The van der Waals surface area contributed by atoms with Crippen molar-refractivity contribution in [2.75, 3.05) is 6.54 Å². The second kappa shape index (κ2) is 7.47. The van der Waals surface area contributed by atoms with Crippen LogP contribution < -0.4 is 5.32 Å². The van der Waals surface area contributed by atoms with Crippen molar-refractivity contribution in [1.29, 1.82) is 0 Å². The molecule has 0 unspecified atom stereocenters. The predicted molar refractivity (Wildman–Crippen MR) is 75.6 cm³/mol. The Bertz CT molecular complexity index is 602. The minimum atomic E-state index is -0.885. The zero-order chi connectivity index (χ0) is 15.1. The zero-order valence-electron chi connectivity index (χ0n) is 11.5. The van der Waals surface area contributed by atoms with Crippen LogP contribution >= 0.6 is 0 Å². The first-order chi connectivity index (χ1) is 10.1. The summed E-state index contributed by atoms with van der Waals surface area (Å²) >= 11 is 0. The number of nitrogens with one attached hydrogen (secondary N) is 1. The second-order valence-corrected chi connectivity index (χ2v) is 4.71. The van der Waals surface area contributed by atoms with E-state index in [9.17, 15) is 13.6 Å². The van der Waals surface area contributed by atoms with Gasteiger partial charge in [-0.2, -0.15) is 0 Å². The molecule has 0 aliphatic carbocycles. The Kier molecular flexibility index (Phi) is 5.37. The molecule has 1 aromatic heterocycles. The van der Waals surface area contributed by atoms with Gasteiger partial charge in [0.25, 0.3) is 0 Å². The predicted octanol–water partition coefficient (Wildman–Crippen LogP) is 2.65. The van der Waals surface area contributed by atoms with Crippen LogP contribution in [0.1, 0.15) is 17.5 Å². The first-order valence-corrected chi connectivity index (χ1v) is 6.74. The van der Waals surface area contributed by atoms with Crippen molar-refractivity contribution in [2.45, 2.75) is 19.3 Å². The third-order valence-corrected chi connectivity index (χ3v) is 3.08. The maximum atomic E-state index is 13.0. The van der Waals surface area contributed by atoms with E-state index in [2.05, 4.69) is 10.3 Å². The number of carbonyl (C=O) groups excluding carboxylic acids is 1. The monoisotopic (exact) mass is 290 g/mol. The summed E-state index contributed by atoms with van der Waals surface area (Å²) in [5, 5.41) is 2.79. The maximum absolute atomic E-state index is 13.0. The Morgan fingerprint density at radius 2 is 1.95 bits per heavy atom. The van der Waals surface area contributed by atoms with Crippen molar-refractivity contribution < 1.29 is 13.6 Å². The number of carbonyl (C=O) groups is 1. The van der Waals surface area contributed by atoms with E-state index in [4.69, 9.17) is 0 Å². The number of benzene rings is 1. The van der Waals surface area contributed by atoms with E-state index in [1.807, 2.05) is 12.1 Å². The fraction of sp³-hybridized carbons (Fsp3) is 0.250. The lowest BCUT2D eigenvalue weighted by molar-refractivity contribution is -0.121. The third kappa shape index (κ3) is 4.95. The first-order valence-electron chi connectivity index (χ1n) is 6.74. The fourth-order valence-electron chi connectivity index (χ4n) is 1.93. The lowest BCUT2D eigenvalue weighted by atomic mass is 10.1. The van der Waals surface area contributed by atoms with Gasteiger partial charge in [0.15, 0.2) is 11.6 Å². The van der Waals surface area contributed by atoms with Gasteiger partial charge in [-0.15, -0.1) is 0 Å². The highest BCUT2D eigenvalue weighted by atomic mass is 19.2. The maximum Gasteiger partial charge on any atom is 0.220 e. The van der Waals surface area contributed by atoms with Crippen LogP contribution in [0.5, 0.6) is 0 Å². The molecular formula is C16H16F2N2O. The normalized spacial score (nSPS) is 10.4. The minimum Gasteiger partial charge on any atom is -0.356 e. The highest BCUT2D eigenvalue weighted by Crippen LogP contribution is 2.10. The molecule has 2 aromatic rings. The van der Waals surface area contributed by atoms with Crippen molar-refractivity contribution in [1.82, 2.24) is 10.3 Å². The van der Waals surface area contributed by atoms with Crippen LogP contribution in [0.3, 0.4) is 0 Å². The van der Waals surface area contributed by atoms with E-state index in [1.165, 1.54) is 6.07 Å². The summed E-state index contributed by atoms with van der Waals surface area (Å²) in [5.74, 6) is -1.87. The smallest absolute Gasteiger partial charge is 0.220 e. The first kappa shape index (κ1) is 15.1. The molecule has 0 radical (unpaired) electrons. The number of nitrogens with zero attached hydrogens (tertiary/aromatic N) is 1. The molecule has 1 N–H and O–H groups in total. The average Bonchev–Trinajstić information content (AvgIpc) is 2.49. The van der Waals surface area contributed by atoms with E-state index < -0.39 is 11.6 Å². The van der Waals surface area contributed by atoms with E-state index >= 15 is 0 Å². The van der Waals surface area contributed by atoms with Crippen LogP contribution in [0, 0.1) is 11.6 Å². The van der Waals surface area contributed by atoms with Gasteiger partial charge in [0.2, 0.25) is 5.91 Å². The summed E-state index contributed by atoms with van der Waals surface area (Å²) in [4.78, 5) is 15.7. The number of halogens is 2. The van der Waals surface area contributed by atoms with Crippen molar-refractivity contribution in [3.8, 4) is 0 Å². The third-order valence-electron chi connectivity index (χ3n) is 3.08. The number of hydrogen-bond acceptors (Lipinski definition) is 2. The molecule has 3 nitrogen and oxygen atoms in total. The number of aromatic nitrogens is 1. The van der Waals surface area contributed by atoms with Crippen molar-refractivity contribution in [3.05, 3.63) is 65.5 Å². The lowest BCUT2D eigenvalue weighted by Crippen LogP contribution is -2.25. The molecule has 21 heavy (non-hydrogen) atoms. The number of pyridine rings is 1. The summed E-state index contributed by atoms with van der Waals surface area (Å²) < 4.78 is 25.8. The molecule has 5 heteroatoms. The molecule has 0 bridgehead atoms. The topological polar surface area (TPSA) is 42.0 Å². The SMILES string of the molecule is O=C(CCc1ccc(F)c(F)c1)NCCc1cccnc1. The molecule has 1 heterocycles. The Morgan fingerprint density at radius 3 is 2.67 bits per heavy atom. The van der Waals surface area contributed by atoms with Gasteiger partial charge >= 0.3 is 0 Å². The van der Waals surface area contributed by atoms with Crippen molar-refractivity contribution in [3.63, 3.8) is 0 Å². The number of hydrogen-bond donors (Lipinski definition) is 1. The summed E-state index contributed by atoms with van der Waals surface area (Å²) in [6.07, 6.45) is 4.80. The molecule has 1 amide bonds. The average molecular weight is 290 g/mol. The Balaban J connectivity index is 1.71. The van der Waals surface area contributed by atoms with Crippen LogP contribution in [0.25, 0.3) is 0 Å². The Labute approximate surface area is 122 Å². The van der Waals surface area contributed by atoms with Gasteiger partial charge in [0.05, 0.1) is 0 Å². The molecule has 0 aliphatic rings. The summed E-state index contributed by atoms with van der Waals surface area (Å²) in [7, 11) is 0.